The highest BCUT2D eigenvalue weighted by atomic mass is 14.7. The first-order valence-electron chi connectivity index (χ1n) is 4.70. The Labute approximate surface area is 83.9 Å². The van der Waals surface area contributed by atoms with Crippen LogP contribution in [0.25, 0.3) is 0 Å². The van der Waals surface area contributed by atoms with Crippen molar-refractivity contribution >= 4 is 0 Å². The van der Waals surface area contributed by atoms with Crippen LogP contribution in [0, 0.1) is 0 Å². The molecule has 0 amide bonds. The molecule has 0 bridgehead atoms. The third kappa shape index (κ3) is 1.56. The smallest absolute Gasteiger partial charge is 0.0653 e. The maximum Gasteiger partial charge on any atom is 0.0653 e. The molecule has 1 aromatic carbocycles. The van der Waals surface area contributed by atoms with Gasteiger partial charge in [-0.1, -0.05) is 36.4 Å². The normalized spacial score (nSPS) is 25.9. The van der Waals surface area contributed by atoms with Gasteiger partial charge in [0.05, 0.1) is 5.54 Å². The lowest BCUT2D eigenvalue weighted by Gasteiger charge is -2.28. The van der Waals surface area contributed by atoms with E-state index in [0.717, 1.165) is 17.7 Å². The van der Waals surface area contributed by atoms with Gasteiger partial charge in [0, 0.05) is 5.70 Å². The summed E-state index contributed by atoms with van der Waals surface area (Å²) in [5.41, 5.74) is 13.4. The topological polar surface area (TPSA) is 52.0 Å². The fraction of sp³-hybridized carbons (Fsp3) is 0.167. The molecule has 1 aromatic rings. The van der Waals surface area contributed by atoms with Crippen molar-refractivity contribution in [3.8, 4) is 0 Å². The maximum absolute atomic E-state index is 6.26. The van der Waals surface area contributed by atoms with Crippen molar-refractivity contribution in [1.82, 2.24) is 0 Å². The van der Waals surface area contributed by atoms with Crippen LogP contribution in [0.2, 0.25) is 0 Å². The summed E-state index contributed by atoms with van der Waals surface area (Å²) in [7, 11) is 0. The van der Waals surface area contributed by atoms with Gasteiger partial charge < -0.3 is 11.5 Å². The molecule has 2 heteroatoms. The van der Waals surface area contributed by atoms with Crippen LogP contribution in [-0.2, 0) is 5.54 Å². The molecule has 0 heterocycles. The molecule has 0 fully saturated rings. The predicted octanol–water partition coefficient (Wildman–Crippen LogP) is 1.64. The van der Waals surface area contributed by atoms with Gasteiger partial charge in [0.2, 0.25) is 0 Å². The molecule has 1 aliphatic carbocycles. The molecule has 14 heavy (non-hydrogen) atoms. The lowest BCUT2D eigenvalue weighted by atomic mass is 9.84. The summed E-state index contributed by atoms with van der Waals surface area (Å²) in [6.45, 7) is 0. The zero-order chi connectivity index (χ0) is 10.0. The summed E-state index contributed by atoms with van der Waals surface area (Å²) in [5, 5.41) is 0. The van der Waals surface area contributed by atoms with Crippen molar-refractivity contribution in [2.45, 2.75) is 12.0 Å². The van der Waals surface area contributed by atoms with Gasteiger partial charge in [0.1, 0.15) is 0 Å². The maximum atomic E-state index is 6.26. The van der Waals surface area contributed by atoms with E-state index in [1.807, 2.05) is 48.6 Å². The second-order valence-electron chi connectivity index (χ2n) is 3.66. The van der Waals surface area contributed by atoms with Gasteiger partial charge in [0.15, 0.2) is 0 Å². The summed E-state index contributed by atoms with van der Waals surface area (Å²) in [5.74, 6) is 0. The van der Waals surface area contributed by atoms with Gasteiger partial charge in [-0.25, -0.2) is 0 Å². The van der Waals surface area contributed by atoms with E-state index in [1.54, 1.807) is 0 Å². The molecule has 0 aliphatic heterocycles. The fourth-order valence-corrected chi connectivity index (χ4v) is 1.74. The van der Waals surface area contributed by atoms with E-state index >= 15 is 0 Å². The van der Waals surface area contributed by atoms with Gasteiger partial charge in [-0.15, -0.1) is 0 Å². The van der Waals surface area contributed by atoms with Crippen molar-refractivity contribution in [2.24, 2.45) is 11.5 Å². The molecule has 72 valence electrons. The molecule has 1 unspecified atom stereocenters. The Morgan fingerprint density at radius 2 is 1.86 bits per heavy atom. The summed E-state index contributed by atoms with van der Waals surface area (Å²) < 4.78 is 0. The minimum Gasteiger partial charge on any atom is -0.399 e. The zero-order valence-electron chi connectivity index (χ0n) is 7.98. The molecule has 0 saturated heterocycles. The van der Waals surface area contributed by atoms with Crippen molar-refractivity contribution < 1.29 is 0 Å². The number of allylic oxidation sites excluding steroid dienone is 1. The average molecular weight is 186 g/mol. The minimum absolute atomic E-state index is 0.430. The van der Waals surface area contributed by atoms with Gasteiger partial charge >= 0.3 is 0 Å². The van der Waals surface area contributed by atoms with Crippen LogP contribution in [0.1, 0.15) is 12.0 Å². The van der Waals surface area contributed by atoms with Crippen molar-refractivity contribution in [2.75, 3.05) is 0 Å². The highest BCUT2D eigenvalue weighted by Crippen LogP contribution is 2.27. The predicted molar refractivity (Wildman–Crippen MR) is 58.3 cm³/mol. The summed E-state index contributed by atoms with van der Waals surface area (Å²) in [4.78, 5) is 0. The Morgan fingerprint density at radius 3 is 2.50 bits per heavy atom. The summed E-state index contributed by atoms with van der Waals surface area (Å²) in [6, 6.07) is 10.0. The van der Waals surface area contributed by atoms with Crippen molar-refractivity contribution in [1.29, 1.82) is 0 Å². The second kappa shape index (κ2) is 3.31. The SMILES string of the molecule is NC1=CC(N)(c2ccccc2)CC=C1. The van der Waals surface area contributed by atoms with Crippen LogP contribution in [0.3, 0.4) is 0 Å². The zero-order valence-corrected chi connectivity index (χ0v) is 7.98. The molecule has 0 saturated carbocycles. The molecular formula is C12H14N2. The molecular weight excluding hydrogens is 172 g/mol. The molecule has 0 spiro atoms. The number of nitrogens with two attached hydrogens (primary N) is 2. The largest absolute Gasteiger partial charge is 0.399 e. The van der Waals surface area contributed by atoms with Crippen LogP contribution >= 0.6 is 0 Å². The lowest BCUT2D eigenvalue weighted by Crippen LogP contribution is -2.36. The third-order valence-corrected chi connectivity index (χ3v) is 2.50. The van der Waals surface area contributed by atoms with E-state index in [0.29, 0.717) is 0 Å². The third-order valence-electron chi connectivity index (χ3n) is 2.50. The molecule has 1 aliphatic rings. The Hall–Kier alpha value is -1.54. The van der Waals surface area contributed by atoms with Crippen LogP contribution < -0.4 is 11.5 Å². The van der Waals surface area contributed by atoms with E-state index in [9.17, 15) is 0 Å². The van der Waals surface area contributed by atoms with Gasteiger partial charge in [-0.3, -0.25) is 0 Å². The Bertz CT molecular complexity index is 379. The molecule has 2 nitrogen and oxygen atoms in total. The summed E-state index contributed by atoms with van der Waals surface area (Å²) in [6.07, 6.45) is 6.64. The van der Waals surface area contributed by atoms with Crippen LogP contribution in [-0.4, -0.2) is 0 Å². The van der Waals surface area contributed by atoms with Crippen LogP contribution in [0.5, 0.6) is 0 Å². The summed E-state index contributed by atoms with van der Waals surface area (Å²) >= 11 is 0. The van der Waals surface area contributed by atoms with E-state index in [4.69, 9.17) is 11.5 Å². The van der Waals surface area contributed by atoms with Gasteiger partial charge in [-0.05, 0) is 24.1 Å². The van der Waals surface area contributed by atoms with Crippen molar-refractivity contribution in [3.05, 3.63) is 59.8 Å². The van der Waals surface area contributed by atoms with E-state index < -0.39 is 5.54 Å². The van der Waals surface area contributed by atoms with Crippen LogP contribution in [0.4, 0.5) is 0 Å². The monoisotopic (exact) mass is 186 g/mol. The van der Waals surface area contributed by atoms with Gasteiger partial charge in [0.25, 0.3) is 0 Å². The second-order valence-corrected chi connectivity index (χ2v) is 3.66. The molecule has 0 radical (unpaired) electrons. The molecule has 2 rings (SSSR count). The molecule has 0 aromatic heterocycles. The van der Waals surface area contributed by atoms with E-state index in [-0.39, 0.29) is 0 Å². The first kappa shape index (κ1) is 9.03. The fourth-order valence-electron chi connectivity index (χ4n) is 1.74. The van der Waals surface area contributed by atoms with Crippen molar-refractivity contribution in [3.63, 3.8) is 0 Å². The number of hydrogen-bond acceptors (Lipinski definition) is 2. The number of benzene rings is 1. The van der Waals surface area contributed by atoms with E-state index in [1.165, 1.54) is 0 Å². The molecule has 4 N–H and O–H groups in total. The number of hydrogen-bond donors (Lipinski definition) is 2. The standard InChI is InChI=1S/C12H14N2/c13-11-7-4-8-12(14,9-11)10-5-2-1-3-6-10/h1-7,9H,8,13-14H2. The Morgan fingerprint density at radius 1 is 1.14 bits per heavy atom. The first-order chi connectivity index (χ1) is 6.71. The van der Waals surface area contributed by atoms with Gasteiger partial charge in [-0.2, -0.15) is 0 Å². The highest BCUT2D eigenvalue weighted by Gasteiger charge is 2.25. The minimum atomic E-state index is -0.430. The quantitative estimate of drug-likeness (QED) is 0.700. The molecule has 1 atom stereocenters. The number of rotatable bonds is 1. The lowest BCUT2D eigenvalue weighted by molar-refractivity contribution is 0.560. The Kier molecular flexibility index (Phi) is 2.14. The highest BCUT2D eigenvalue weighted by molar-refractivity contribution is 5.36. The van der Waals surface area contributed by atoms with E-state index in [2.05, 4.69) is 0 Å². The first-order valence-corrected chi connectivity index (χ1v) is 4.70. The van der Waals surface area contributed by atoms with Crippen LogP contribution in [0.15, 0.2) is 54.3 Å². The Balaban J connectivity index is 2.39. The average Bonchev–Trinajstić information content (AvgIpc) is 2.19.